The molecular formula is C29H29FN6O2. The van der Waals surface area contributed by atoms with Crippen molar-refractivity contribution in [3.8, 4) is 11.3 Å². The van der Waals surface area contributed by atoms with Crippen LogP contribution in [0.3, 0.4) is 0 Å². The quantitative estimate of drug-likeness (QED) is 0.376. The Morgan fingerprint density at radius 1 is 1.21 bits per heavy atom. The summed E-state index contributed by atoms with van der Waals surface area (Å²) in [5.41, 5.74) is 6.74. The van der Waals surface area contributed by atoms with Crippen molar-refractivity contribution in [2.45, 2.75) is 44.3 Å². The van der Waals surface area contributed by atoms with Crippen LogP contribution in [0.4, 0.5) is 15.9 Å². The number of carbonyl (C=O) groups excluding carboxylic acids is 1. The Morgan fingerprint density at radius 3 is 2.92 bits per heavy atom. The van der Waals surface area contributed by atoms with Crippen LogP contribution in [0.5, 0.6) is 0 Å². The van der Waals surface area contributed by atoms with E-state index < -0.39 is 0 Å². The molecule has 4 aromatic rings. The van der Waals surface area contributed by atoms with Crippen LogP contribution in [0.25, 0.3) is 16.9 Å². The summed E-state index contributed by atoms with van der Waals surface area (Å²) in [7, 11) is 2.17. The second-order valence-electron chi connectivity index (χ2n) is 10.5. The zero-order valence-corrected chi connectivity index (χ0v) is 21.2. The Morgan fingerprint density at radius 2 is 2.11 bits per heavy atom. The Hall–Kier alpha value is -3.82. The number of rotatable bonds is 7. The highest BCUT2D eigenvalue weighted by Crippen LogP contribution is 2.36. The lowest BCUT2D eigenvalue weighted by Crippen LogP contribution is -2.22. The molecule has 2 N–H and O–H groups in total. The molecule has 194 valence electrons. The number of nitrogens with one attached hydrogen (secondary N) is 2. The van der Waals surface area contributed by atoms with Gasteiger partial charge in [0.05, 0.1) is 35.4 Å². The zero-order valence-electron chi connectivity index (χ0n) is 21.2. The minimum absolute atomic E-state index is 0.127. The van der Waals surface area contributed by atoms with Crippen molar-refractivity contribution in [3.05, 3.63) is 77.0 Å². The number of hydrogen-bond acceptors (Lipinski definition) is 6. The first-order valence-corrected chi connectivity index (χ1v) is 13.2. The molecule has 0 radical (unpaired) electrons. The number of pyridine rings is 2. The van der Waals surface area contributed by atoms with Crippen LogP contribution < -0.4 is 10.6 Å². The van der Waals surface area contributed by atoms with Crippen LogP contribution in [-0.2, 0) is 17.8 Å². The second kappa shape index (κ2) is 9.18. The third-order valence-electron chi connectivity index (χ3n) is 7.93. The van der Waals surface area contributed by atoms with E-state index in [1.165, 1.54) is 30.5 Å². The maximum atomic E-state index is 13.7. The normalized spacial score (nSPS) is 18.8. The molecule has 2 aliphatic heterocycles. The standard InChI is InChI=1S/C29H29FN6O2/c1-35(19-2-3-19)15-24-20(17-9-11-38-16-17)5-7-26(34-24)33-23-6-4-21(22-13-32-29(37)28(22)23)25-14-31-27-12-18(30)8-10-36(25)27/h4-8,10,12,14,17,19H,2-3,9,11,13,15-16H2,1H3,(H,32,37)(H,33,34)/t17-/m0/s1. The number of aromatic nitrogens is 3. The first-order chi connectivity index (χ1) is 18.5. The van der Waals surface area contributed by atoms with Crippen LogP contribution in [0, 0.1) is 5.82 Å². The Bertz CT molecular complexity index is 1560. The summed E-state index contributed by atoms with van der Waals surface area (Å²) in [6.07, 6.45) is 6.88. The maximum absolute atomic E-state index is 13.7. The second-order valence-corrected chi connectivity index (χ2v) is 10.5. The van der Waals surface area contributed by atoms with Gasteiger partial charge in [-0.15, -0.1) is 0 Å². The van der Waals surface area contributed by atoms with Crippen molar-refractivity contribution in [3.63, 3.8) is 0 Å². The van der Waals surface area contributed by atoms with Gasteiger partial charge in [0.25, 0.3) is 5.91 Å². The average molecular weight is 513 g/mol. The molecule has 2 fully saturated rings. The topological polar surface area (TPSA) is 83.8 Å². The lowest BCUT2D eigenvalue weighted by molar-refractivity contribution is 0.0966. The van der Waals surface area contributed by atoms with E-state index in [1.807, 2.05) is 22.6 Å². The molecule has 1 atom stereocenters. The molecule has 0 unspecified atom stereocenters. The van der Waals surface area contributed by atoms with E-state index in [-0.39, 0.29) is 11.7 Å². The summed E-state index contributed by atoms with van der Waals surface area (Å²) in [5, 5.41) is 6.40. The van der Waals surface area contributed by atoms with Crippen molar-refractivity contribution in [2.75, 3.05) is 25.6 Å². The number of carbonyl (C=O) groups is 1. The number of amides is 1. The Balaban J connectivity index is 1.24. The number of benzene rings is 1. The maximum Gasteiger partial charge on any atom is 0.254 e. The SMILES string of the molecule is CN(Cc1nc(Nc2ccc(-c3cnc4cc(F)ccn34)c3c2C(=O)NC3)ccc1[C@H]1CCOC1)C1CC1. The van der Waals surface area contributed by atoms with Crippen LogP contribution >= 0.6 is 0 Å². The first-order valence-electron chi connectivity index (χ1n) is 13.2. The lowest BCUT2D eigenvalue weighted by atomic mass is 9.96. The minimum atomic E-state index is -0.335. The molecule has 38 heavy (non-hydrogen) atoms. The van der Waals surface area contributed by atoms with E-state index in [1.54, 1.807) is 12.4 Å². The van der Waals surface area contributed by atoms with Crippen LogP contribution in [0.15, 0.2) is 48.8 Å². The zero-order chi connectivity index (χ0) is 25.8. The highest BCUT2D eigenvalue weighted by Gasteiger charge is 2.30. The van der Waals surface area contributed by atoms with E-state index in [2.05, 4.69) is 33.6 Å². The van der Waals surface area contributed by atoms with Gasteiger partial charge in [0.2, 0.25) is 0 Å². The molecule has 1 aliphatic carbocycles. The minimum Gasteiger partial charge on any atom is -0.381 e. The van der Waals surface area contributed by atoms with E-state index >= 15 is 0 Å². The molecule has 1 saturated carbocycles. The number of imidazole rings is 1. The van der Waals surface area contributed by atoms with Gasteiger partial charge in [0.1, 0.15) is 17.3 Å². The van der Waals surface area contributed by atoms with Gasteiger partial charge in [-0.05, 0) is 55.6 Å². The van der Waals surface area contributed by atoms with Gasteiger partial charge >= 0.3 is 0 Å². The fourth-order valence-electron chi connectivity index (χ4n) is 5.73. The molecule has 3 aromatic heterocycles. The van der Waals surface area contributed by atoms with Crippen LogP contribution in [-0.4, -0.2) is 51.5 Å². The molecule has 1 saturated heterocycles. The fraction of sp³-hybridized carbons (Fsp3) is 0.345. The van der Waals surface area contributed by atoms with Crippen molar-refractivity contribution in [1.29, 1.82) is 0 Å². The number of halogens is 1. The van der Waals surface area contributed by atoms with E-state index in [0.29, 0.717) is 41.2 Å². The summed E-state index contributed by atoms with van der Waals surface area (Å²) >= 11 is 0. The fourth-order valence-corrected chi connectivity index (χ4v) is 5.73. The van der Waals surface area contributed by atoms with Gasteiger partial charge in [0.15, 0.2) is 0 Å². The van der Waals surface area contributed by atoms with Crippen LogP contribution in [0.1, 0.15) is 52.4 Å². The smallest absolute Gasteiger partial charge is 0.254 e. The lowest BCUT2D eigenvalue weighted by Gasteiger charge is -2.21. The predicted molar refractivity (Wildman–Crippen MR) is 142 cm³/mol. The van der Waals surface area contributed by atoms with Gasteiger partial charge in [-0.1, -0.05) is 12.1 Å². The molecule has 9 heteroatoms. The van der Waals surface area contributed by atoms with Crippen molar-refractivity contribution < 1.29 is 13.9 Å². The molecule has 7 rings (SSSR count). The van der Waals surface area contributed by atoms with E-state index in [0.717, 1.165) is 48.7 Å². The number of fused-ring (bicyclic) bond motifs is 2. The Kier molecular flexibility index (Phi) is 5.63. The van der Waals surface area contributed by atoms with Gasteiger partial charge in [0, 0.05) is 49.5 Å². The van der Waals surface area contributed by atoms with Crippen molar-refractivity contribution >= 4 is 23.1 Å². The number of anilines is 2. The predicted octanol–water partition coefficient (Wildman–Crippen LogP) is 4.62. The third-order valence-corrected chi connectivity index (χ3v) is 7.93. The molecule has 1 aromatic carbocycles. The summed E-state index contributed by atoms with van der Waals surface area (Å²) in [6.45, 7) is 2.73. The molecule has 8 nitrogen and oxygen atoms in total. The third kappa shape index (κ3) is 4.12. The van der Waals surface area contributed by atoms with Gasteiger partial charge < -0.3 is 15.4 Å². The average Bonchev–Trinajstić information content (AvgIpc) is 3.27. The molecule has 3 aliphatic rings. The number of hydrogen-bond donors (Lipinski definition) is 2. The largest absolute Gasteiger partial charge is 0.381 e. The van der Waals surface area contributed by atoms with Crippen molar-refractivity contribution in [1.82, 2.24) is 24.6 Å². The van der Waals surface area contributed by atoms with E-state index in [9.17, 15) is 9.18 Å². The summed E-state index contributed by atoms with van der Waals surface area (Å²) in [5.74, 6) is 0.620. The van der Waals surface area contributed by atoms with Crippen LogP contribution in [0.2, 0.25) is 0 Å². The molecular weight excluding hydrogens is 483 g/mol. The number of ether oxygens (including phenoxy) is 1. The molecule has 1 amide bonds. The highest BCUT2D eigenvalue weighted by atomic mass is 19.1. The van der Waals surface area contributed by atoms with Crippen molar-refractivity contribution in [2.24, 2.45) is 0 Å². The summed E-state index contributed by atoms with van der Waals surface area (Å²) < 4.78 is 21.2. The van der Waals surface area contributed by atoms with E-state index in [4.69, 9.17) is 9.72 Å². The van der Waals surface area contributed by atoms with Gasteiger partial charge in [-0.25, -0.2) is 14.4 Å². The number of nitrogens with zero attached hydrogens (tertiary/aromatic N) is 4. The monoisotopic (exact) mass is 512 g/mol. The first kappa shape index (κ1) is 23.3. The molecule has 0 spiro atoms. The molecule has 0 bridgehead atoms. The summed E-state index contributed by atoms with van der Waals surface area (Å²) in [4.78, 5) is 24.8. The Labute approximate surface area is 219 Å². The van der Waals surface area contributed by atoms with Gasteiger partial charge in [-0.2, -0.15) is 0 Å². The highest BCUT2D eigenvalue weighted by molar-refractivity contribution is 6.06. The molecule has 5 heterocycles. The van der Waals surface area contributed by atoms with Gasteiger partial charge in [-0.3, -0.25) is 14.1 Å². The summed E-state index contributed by atoms with van der Waals surface area (Å²) in [6, 6.07) is 11.5.